The molecule has 2 aliphatic carbocycles. The van der Waals surface area contributed by atoms with Gasteiger partial charge < -0.3 is 29.2 Å². The summed E-state index contributed by atoms with van der Waals surface area (Å²) in [6.07, 6.45) is -3.96. The third-order valence-corrected chi connectivity index (χ3v) is 8.97. The fourth-order valence-corrected chi connectivity index (χ4v) is 8.06. The second-order valence-corrected chi connectivity index (χ2v) is 10.6. The highest BCUT2D eigenvalue weighted by Crippen LogP contribution is 2.84. The Labute approximate surface area is 166 Å². The van der Waals surface area contributed by atoms with Gasteiger partial charge in [-0.3, -0.25) is 4.79 Å². The highest BCUT2D eigenvalue weighted by Gasteiger charge is 3.01. The molecule has 2 N–H and O–H groups in total. The molecule has 6 fully saturated rings. The van der Waals surface area contributed by atoms with Crippen molar-refractivity contribution in [1.82, 2.24) is 0 Å². The summed E-state index contributed by atoms with van der Waals surface area (Å²) in [5.74, 6) is -3.52. The van der Waals surface area contributed by atoms with Crippen molar-refractivity contribution < 1.29 is 43.5 Å². The van der Waals surface area contributed by atoms with Gasteiger partial charge in [0.1, 0.15) is 12.2 Å². The summed E-state index contributed by atoms with van der Waals surface area (Å²) in [7, 11) is 0. The lowest BCUT2D eigenvalue weighted by atomic mass is 9.51. The lowest BCUT2D eigenvalue weighted by molar-refractivity contribution is -0.238. The molecule has 29 heavy (non-hydrogen) atoms. The smallest absolute Gasteiger partial charge is 0.342 e. The SMILES string of the molecule is C[C@@H]1C(=O)O[C@H]2C[C@@]34[C@H]5CC(C(C)(C)C)C36[C@H](OC(=O)[C@@H]6O)O[C@@]4(C(=O)O5)[C@]21O. The molecule has 2 saturated carbocycles. The topological polar surface area (TPSA) is 129 Å². The van der Waals surface area contributed by atoms with Crippen molar-refractivity contribution in [3.63, 3.8) is 0 Å². The van der Waals surface area contributed by atoms with Gasteiger partial charge in [0, 0.05) is 6.42 Å². The van der Waals surface area contributed by atoms with Crippen LogP contribution in [0, 0.1) is 28.1 Å². The van der Waals surface area contributed by atoms with Gasteiger partial charge in [-0.2, -0.15) is 0 Å². The molecule has 9 nitrogen and oxygen atoms in total. The lowest BCUT2D eigenvalue weighted by Gasteiger charge is -2.46. The van der Waals surface area contributed by atoms with Crippen LogP contribution in [-0.4, -0.2) is 63.9 Å². The summed E-state index contributed by atoms with van der Waals surface area (Å²) in [6.45, 7) is 7.47. The van der Waals surface area contributed by atoms with E-state index in [-0.39, 0.29) is 17.8 Å². The van der Waals surface area contributed by atoms with Crippen molar-refractivity contribution in [2.75, 3.05) is 0 Å². The van der Waals surface area contributed by atoms with E-state index in [1.165, 1.54) is 6.92 Å². The largest absolute Gasteiger partial charge is 0.459 e. The van der Waals surface area contributed by atoms with Crippen molar-refractivity contribution in [3.8, 4) is 0 Å². The van der Waals surface area contributed by atoms with E-state index in [1.807, 2.05) is 20.8 Å². The van der Waals surface area contributed by atoms with Crippen LogP contribution >= 0.6 is 0 Å². The Balaban J connectivity index is 1.68. The Morgan fingerprint density at radius 2 is 1.72 bits per heavy atom. The molecule has 2 unspecified atom stereocenters. The third-order valence-electron chi connectivity index (χ3n) is 8.97. The quantitative estimate of drug-likeness (QED) is 0.408. The summed E-state index contributed by atoms with van der Waals surface area (Å²) in [6, 6.07) is 0. The van der Waals surface area contributed by atoms with Crippen molar-refractivity contribution in [3.05, 3.63) is 0 Å². The van der Waals surface area contributed by atoms with Gasteiger partial charge in [-0.25, -0.2) is 9.59 Å². The van der Waals surface area contributed by atoms with Crippen LogP contribution < -0.4 is 0 Å². The van der Waals surface area contributed by atoms with E-state index in [9.17, 15) is 24.6 Å². The average Bonchev–Trinajstić information content (AvgIpc) is 3.31. The predicted octanol–water partition coefficient (Wildman–Crippen LogP) is -0.340. The first-order valence-electron chi connectivity index (χ1n) is 10.1. The summed E-state index contributed by atoms with van der Waals surface area (Å²) in [5, 5.41) is 23.0. The van der Waals surface area contributed by atoms with Crippen LogP contribution in [0.25, 0.3) is 0 Å². The summed E-state index contributed by atoms with van der Waals surface area (Å²) < 4.78 is 22.9. The molecule has 6 aliphatic rings. The standard InChI is InChI=1S/C20H24O9/c1-7-12(22)26-10-6-17-9-5-8(16(2,3)4)18(17)11(21)13(23)28-15(18)29-20(17,14(24)27-9)19(7,10)25/h7-11,15,21,25H,5-6H2,1-4H3/t7-,8?,9-,10+,11+,15-,17-,18?,19-,20-/m1/s1. The number of hydrogen-bond acceptors (Lipinski definition) is 9. The van der Waals surface area contributed by atoms with Gasteiger partial charge in [-0.15, -0.1) is 0 Å². The minimum Gasteiger partial charge on any atom is -0.459 e. The molecule has 4 aliphatic heterocycles. The number of aliphatic hydroxyl groups is 2. The Morgan fingerprint density at radius 3 is 2.38 bits per heavy atom. The number of ether oxygens (including phenoxy) is 4. The van der Waals surface area contributed by atoms with Gasteiger partial charge in [0.05, 0.1) is 16.7 Å². The number of hydrogen-bond donors (Lipinski definition) is 2. The molecule has 0 aromatic rings. The summed E-state index contributed by atoms with van der Waals surface area (Å²) in [4.78, 5) is 38.1. The van der Waals surface area contributed by atoms with E-state index in [4.69, 9.17) is 18.9 Å². The maximum absolute atomic E-state index is 13.3. The van der Waals surface area contributed by atoms with Crippen LogP contribution in [-0.2, 0) is 33.3 Å². The zero-order valence-corrected chi connectivity index (χ0v) is 16.6. The number of carbonyl (C=O) groups is 3. The van der Waals surface area contributed by atoms with Gasteiger partial charge in [0.25, 0.3) is 0 Å². The minimum absolute atomic E-state index is 0.0623. The second kappa shape index (κ2) is 4.48. The van der Waals surface area contributed by atoms with E-state index in [0.29, 0.717) is 6.42 Å². The van der Waals surface area contributed by atoms with E-state index in [1.54, 1.807) is 0 Å². The zero-order chi connectivity index (χ0) is 20.9. The first-order chi connectivity index (χ1) is 13.4. The van der Waals surface area contributed by atoms with Gasteiger partial charge in [0.2, 0.25) is 11.9 Å². The monoisotopic (exact) mass is 408 g/mol. The molecule has 9 heteroatoms. The maximum atomic E-state index is 13.3. The molecule has 2 spiro atoms. The van der Waals surface area contributed by atoms with E-state index < -0.39 is 70.5 Å². The maximum Gasteiger partial charge on any atom is 0.342 e. The first kappa shape index (κ1) is 18.1. The molecule has 0 bridgehead atoms. The molecule has 0 aromatic heterocycles. The minimum atomic E-state index is -1.97. The molecule has 0 aromatic carbocycles. The van der Waals surface area contributed by atoms with Crippen LogP contribution in [0.4, 0.5) is 0 Å². The Morgan fingerprint density at radius 1 is 1.03 bits per heavy atom. The third kappa shape index (κ3) is 1.35. The number of aliphatic hydroxyl groups excluding tert-OH is 1. The van der Waals surface area contributed by atoms with Crippen molar-refractivity contribution in [1.29, 1.82) is 0 Å². The molecule has 4 saturated heterocycles. The van der Waals surface area contributed by atoms with Crippen molar-refractivity contribution in [2.24, 2.45) is 28.1 Å². The number of fused-ring (bicyclic) bond motifs is 1. The van der Waals surface area contributed by atoms with Gasteiger partial charge >= 0.3 is 17.9 Å². The molecule has 6 rings (SSSR count). The van der Waals surface area contributed by atoms with Crippen LogP contribution in [0.2, 0.25) is 0 Å². The van der Waals surface area contributed by atoms with Crippen LogP contribution in [0.1, 0.15) is 40.5 Å². The highest BCUT2D eigenvalue weighted by atomic mass is 16.8. The van der Waals surface area contributed by atoms with Crippen molar-refractivity contribution in [2.45, 2.75) is 76.3 Å². The fraction of sp³-hybridized carbons (Fsp3) is 0.850. The van der Waals surface area contributed by atoms with Gasteiger partial charge in [-0.1, -0.05) is 20.8 Å². The molecular weight excluding hydrogens is 384 g/mol. The second-order valence-electron chi connectivity index (χ2n) is 10.6. The summed E-state index contributed by atoms with van der Waals surface area (Å²) >= 11 is 0. The summed E-state index contributed by atoms with van der Waals surface area (Å²) in [5.41, 5.74) is -6.81. The van der Waals surface area contributed by atoms with E-state index >= 15 is 0 Å². The molecule has 4 heterocycles. The Bertz CT molecular complexity index is 893. The number of rotatable bonds is 0. The molecule has 0 radical (unpaired) electrons. The van der Waals surface area contributed by atoms with Gasteiger partial charge in [0.15, 0.2) is 11.7 Å². The number of carbonyl (C=O) groups excluding carboxylic acids is 3. The normalized spacial score (nSPS) is 59.2. The van der Waals surface area contributed by atoms with Crippen LogP contribution in [0.3, 0.4) is 0 Å². The van der Waals surface area contributed by atoms with E-state index in [2.05, 4.69) is 0 Å². The zero-order valence-electron chi connectivity index (χ0n) is 16.6. The van der Waals surface area contributed by atoms with Crippen LogP contribution in [0.5, 0.6) is 0 Å². The Kier molecular flexibility index (Phi) is 2.79. The molecule has 0 amide bonds. The Hall–Kier alpha value is -1.71. The predicted molar refractivity (Wildman–Crippen MR) is 90.6 cm³/mol. The molecular formula is C20H24O9. The van der Waals surface area contributed by atoms with Crippen LogP contribution in [0.15, 0.2) is 0 Å². The molecule has 10 atom stereocenters. The average molecular weight is 408 g/mol. The first-order valence-corrected chi connectivity index (χ1v) is 10.1. The van der Waals surface area contributed by atoms with E-state index in [0.717, 1.165) is 0 Å². The fourth-order valence-electron chi connectivity index (χ4n) is 8.06. The van der Waals surface area contributed by atoms with Gasteiger partial charge in [-0.05, 0) is 24.7 Å². The van der Waals surface area contributed by atoms with Crippen molar-refractivity contribution >= 4 is 17.9 Å². The lowest BCUT2D eigenvalue weighted by Crippen LogP contribution is -2.66. The molecule has 158 valence electrons. The highest BCUT2D eigenvalue weighted by molar-refractivity contribution is 5.93. The number of esters is 3.